The third-order valence-electron chi connectivity index (χ3n) is 2.70. The van der Waals surface area contributed by atoms with E-state index in [0.29, 0.717) is 0 Å². The second kappa shape index (κ2) is 4.18. The number of ether oxygens (including phenoxy) is 1. The van der Waals surface area contributed by atoms with E-state index in [-0.39, 0.29) is 0 Å². The van der Waals surface area contributed by atoms with Crippen molar-refractivity contribution in [3.05, 3.63) is 48.0 Å². The zero-order valence-corrected chi connectivity index (χ0v) is 10.1. The van der Waals surface area contributed by atoms with Crippen molar-refractivity contribution in [2.24, 2.45) is 0 Å². The molecule has 83 valence electrons. The molecule has 3 heteroatoms. The van der Waals surface area contributed by atoms with Crippen molar-refractivity contribution in [3.63, 3.8) is 0 Å². The molecule has 1 heterocycles. The van der Waals surface area contributed by atoms with Gasteiger partial charge in [-0.05, 0) is 35.4 Å². The highest BCUT2D eigenvalue weighted by atomic mass is 32.1. The molecule has 0 aliphatic rings. The van der Waals surface area contributed by atoms with Gasteiger partial charge in [0.1, 0.15) is 5.75 Å². The monoisotopic (exact) mass is 240 g/mol. The SMILES string of the molecule is COc1ccc(-c2ccc3n[c]sc3c2)cc1. The topological polar surface area (TPSA) is 22.1 Å². The summed E-state index contributed by atoms with van der Waals surface area (Å²) < 4.78 is 6.32. The molecule has 3 aromatic rings. The first-order valence-corrected chi connectivity index (χ1v) is 6.09. The number of fused-ring (bicyclic) bond motifs is 1. The number of hydrogen-bond acceptors (Lipinski definition) is 3. The quantitative estimate of drug-likeness (QED) is 0.680. The summed E-state index contributed by atoms with van der Waals surface area (Å²) in [5, 5.41) is 0. The van der Waals surface area contributed by atoms with E-state index in [4.69, 9.17) is 4.74 Å². The van der Waals surface area contributed by atoms with Gasteiger partial charge in [0.25, 0.3) is 0 Å². The van der Waals surface area contributed by atoms with Gasteiger partial charge in [-0.3, -0.25) is 0 Å². The van der Waals surface area contributed by atoms with Crippen LogP contribution in [-0.4, -0.2) is 12.1 Å². The number of benzene rings is 2. The van der Waals surface area contributed by atoms with Crippen LogP contribution in [0.2, 0.25) is 0 Å². The van der Waals surface area contributed by atoms with Crippen LogP contribution in [0.25, 0.3) is 21.3 Å². The highest BCUT2D eigenvalue weighted by Crippen LogP contribution is 2.27. The van der Waals surface area contributed by atoms with E-state index in [0.717, 1.165) is 11.3 Å². The molecule has 1 radical (unpaired) electrons. The summed E-state index contributed by atoms with van der Waals surface area (Å²) >= 11 is 1.54. The molecule has 1 aromatic heterocycles. The lowest BCUT2D eigenvalue weighted by Crippen LogP contribution is -1.82. The van der Waals surface area contributed by atoms with Crippen LogP contribution >= 0.6 is 11.3 Å². The highest BCUT2D eigenvalue weighted by Gasteiger charge is 2.02. The molecule has 17 heavy (non-hydrogen) atoms. The maximum atomic E-state index is 5.15. The maximum absolute atomic E-state index is 5.15. The predicted molar refractivity (Wildman–Crippen MR) is 70.4 cm³/mol. The fraction of sp³-hybridized carbons (Fsp3) is 0.0714. The third-order valence-corrected chi connectivity index (χ3v) is 3.43. The molecule has 0 unspecified atom stereocenters. The first-order valence-electron chi connectivity index (χ1n) is 5.28. The van der Waals surface area contributed by atoms with Crippen molar-refractivity contribution in [3.8, 4) is 16.9 Å². The van der Waals surface area contributed by atoms with E-state index < -0.39 is 0 Å². The fourth-order valence-corrected chi connectivity index (χ4v) is 2.42. The van der Waals surface area contributed by atoms with Crippen LogP contribution in [0.1, 0.15) is 0 Å². The minimum Gasteiger partial charge on any atom is -0.497 e. The molecule has 0 saturated heterocycles. The molecule has 2 aromatic carbocycles. The average molecular weight is 240 g/mol. The number of methoxy groups -OCH3 is 1. The molecule has 0 bridgehead atoms. The molecular formula is C14H10NOS. The van der Waals surface area contributed by atoms with E-state index >= 15 is 0 Å². The molecule has 0 aliphatic heterocycles. The van der Waals surface area contributed by atoms with Crippen LogP contribution in [0.5, 0.6) is 5.75 Å². The molecule has 2 nitrogen and oxygen atoms in total. The Morgan fingerprint density at radius 3 is 2.59 bits per heavy atom. The fourth-order valence-electron chi connectivity index (χ4n) is 1.77. The molecular weight excluding hydrogens is 230 g/mol. The molecule has 0 amide bonds. The lowest BCUT2D eigenvalue weighted by molar-refractivity contribution is 0.415. The molecule has 3 rings (SSSR count). The Bertz CT molecular complexity index is 643. The number of thiazole rings is 1. The van der Waals surface area contributed by atoms with Gasteiger partial charge in [0.15, 0.2) is 5.51 Å². The van der Waals surface area contributed by atoms with Crippen molar-refractivity contribution in [1.29, 1.82) is 0 Å². The summed E-state index contributed by atoms with van der Waals surface area (Å²) in [4.78, 5) is 4.15. The van der Waals surface area contributed by atoms with Gasteiger partial charge in [-0.2, -0.15) is 0 Å². The molecule has 0 N–H and O–H groups in total. The first-order chi connectivity index (χ1) is 8.36. The predicted octanol–water partition coefficient (Wildman–Crippen LogP) is 3.77. The summed E-state index contributed by atoms with van der Waals surface area (Å²) in [6, 6.07) is 14.3. The standard InChI is InChI=1S/C14H10NOS/c1-16-12-5-2-10(3-6-12)11-4-7-13-14(8-11)17-9-15-13/h2-8H,1H3. The van der Waals surface area contributed by atoms with Gasteiger partial charge in [0.05, 0.1) is 17.3 Å². The summed E-state index contributed by atoms with van der Waals surface area (Å²) in [7, 11) is 1.67. The Morgan fingerprint density at radius 1 is 1.06 bits per heavy atom. The Kier molecular flexibility index (Phi) is 2.53. The van der Waals surface area contributed by atoms with Crippen molar-refractivity contribution in [2.75, 3.05) is 7.11 Å². The number of hydrogen-bond donors (Lipinski definition) is 0. The Morgan fingerprint density at radius 2 is 1.82 bits per heavy atom. The van der Waals surface area contributed by atoms with Crippen LogP contribution < -0.4 is 4.74 Å². The van der Waals surface area contributed by atoms with Crippen molar-refractivity contribution < 1.29 is 4.74 Å². The zero-order chi connectivity index (χ0) is 11.7. The lowest BCUT2D eigenvalue weighted by atomic mass is 10.1. The van der Waals surface area contributed by atoms with Crippen LogP contribution in [-0.2, 0) is 0 Å². The number of rotatable bonds is 2. The normalized spacial score (nSPS) is 10.6. The van der Waals surface area contributed by atoms with Gasteiger partial charge >= 0.3 is 0 Å². The summed E-state index contributed by atoms with van der Waals surface area (Å²) in [5.74, 6) is 0.876. The Balaban J connectivity index is 2.06. The van der Waals surface area contributed by atoms with Crippen molar-refractivity contribution in [2.45, 2.75) is 0 Å². The smallest absolute Gasteiger partial charge is 0.153 e. The second-order valence-corrected chi connectivity index (χ2v) is 4.54. The summed E-state index contributed by atoms with van der Waals surface area (Å²) in [6.45, 7) is 0. The van der Waals surface area contributed by atoms with Crippen LogP contribution in [0, 0.1) is 5.51 Å². The highest BCUT2D eigenvalue weighted by molar-refractivity contribution is 7.16. The van der Waals surface area contributed by atoms with Gasteiger partial charge in [0, 0.05) is 0 Å². The Labute approximate surface area is 104 Å². The molecule has 0 atom stereocenters. The molecule has 0 fully saturated rings. The number of aromatic nitrogens is 1. The second-order valence-electron chi connectivity index (χ2n) is 3.72. The first kappa shape index (κ1) is 10.3. The van der Waals surface area contributed by atoms with Crippen LogP contribution in [0.15, 0.2) is 42.5 Å². The van der Waals surface area contributed by atoms with E-state index in [1.807, 2.05) is 18.2 Å². The molecule has 0 saturated carbocycles. The third kappa shape index (κ3) is 1.89. The lowest BCUT2D eigenvalue weighted by Gasteiger charge is -2.03. The van der Waals surface area contributed by atoms with E-state index in [1.54, 1.807) is 18.4 Å². The minimum atomic E-state index is 0.876. The van der Waals surface area contributed by atoms with E-state index in [2.05, 4.69) is 34.8 Å². The van der Waals surface area contributed by atoms with Gasteiger partial charge in [-0.1, -0.05) is 18.2 Å². The Hall–Kier alpha value is -1.87. The molecule has 0 aliphatic carbocycles. The van der Waals surface area contributed by atoms with E-state index in [9.17, 15) is 0 Å². The molecule has 0 spiro atoms. The van der Waals surface area contributed by atoms with Gasteiger partial charge < -0.3 is 4.74 Å². The maximum Gasteiger partial charge on any atom is 0.153 e. The van der Waals surface area contributed by atoms with Crippen LogP contribution in [0.4, 0.5) is 0 Å². The summed E-state index contributed by atoms with van der Waals surface area (Å²) in [6.07, 6.45) is 0. The number of nitrogens with zero attached hydrogens (tertiary/aromatic N) is 1. The van der Waals surface area contributed by atoms with Gasteiger partial charge in [-0.15, -0.1) is 11.3 Å². The van der Waals surface area contributed by atoms with Gasteiger partial charge in [0.2, 0.25) is 0 Å². The van der Waals surface area contributed by atoms with Crippen LogP contribution in [0.3, 0.4) is 0 Å². The average Bonchev–Trinajstić information content (AvgIpc) is 2.86. The largest absolute Gasteiger partial charge is 0.497 e. The van der Waals surface area contributed by atoms with E-state index in [1.165, 1.54) is 15.8 Å². The van der Waals surface area contributed by atoms with Crippen molar-refractivity contribution >= 4 is 21.6 Å². The van der Waals surface area contributed by atoms with Gasteiger partial charge in [-0.25, -0.2) is 4.98 Å². The summed E-state index contributed by atoms with van der Waals surface area (Å²) in [5.41, 5.74) is 6.29. The minimum absolute atomic E-state index is 0.876. The zero-order valence-electron chi connectivity index (χ0n) is 9.31. The van der Waals surface area contributed by atoms with Crippen molar-refractivity contribution in [1.82, 2.24) is 4.98 Å².